The van der Waals surface area contributed by atoms with E-state index in [1.54, 1.807) is 11.8 Å². The zero-order chi connectivity index (χ0) is 19.2. The molecule has 146 valence electrons. The van der Waals surface area contributed by atoms with E-state index in [-0.39, 0.29) is 6.04 Å². The molecule has 2 heterocycles. The highest BCUT2D eigenvalue weighted by atomic mass is 16.5. The van der Waals surface area contributed by atoms with Crippen molar-refractivity contribution in [3.8, 4) is 11.4 Å². The van der Waals surface area contributed by atoms with Gasteiger partial charge >= 0.3 is 0 Å². The number of anilines is 1. The van der Waals surface area contributed by atoms with E-state index >= 15 is 0 Å². The van der Waals surface area contributed by atoms with Crippen molar-refractivity contribution in [1.29, 1.82) is 0 Å². The van der Waals surface area contributed by atoms with Crippen molar-refractivity contribution < 1.29 is 9.47 Å². The van der Waals surface area contributed by atoms with Crippen LogP contribution in [-0.4, -0.2) is 65.1 Å². The molecular weight excluding hydrogens is 356 g/mol. The van der Waals surface area contributed by atoms with Crippen molar-refractivity contribution in [2.45, 2.75) is 6.04 Å². The molecule has 2 aromatic carbocycles. The normalized spacial score (nSPS) is 15.9. The van der Waals surface area contributed by atoms with Crippen LogP contribution < -0.4 is 10.1 Å². The highest BCUT2D eigenvalue weighted by Crippen LogP contribution is 2.25. The number of para-hydroxylation sites is 1. The van der Waals surface area contributed by atoms with Gasteiger partial charge in [0, 0.05) is 19.6 Å². The van der Waals surface area contributed by atoms with E-state index in [0.717, 1.165) is 37.7 Å². The second-order valence-electron chi connectivity index (χ2n) is 6.57. The first-order valence-corrected chi connectivity index (χ1v) is 9.38. The first-order chi connectivity index (χ1) is 13.8. The summed E-state index contributed by atoms with van der Waals surface area (Å²) in [5, 5.41) is 15.5. The predicted octanol–water partition coefficient (Wildman–Crippen LogP) is 2.16. The van der Waals surface area contributed by atoms with Crippen LogP contribution in [0.15, 0.2) is 54.6 Å². The highest BCUT2D eigenvalue weighted by molar-refractivity contribution is 5.39. The lowest BCUT2D eigenvalue weighted by Crippen LogP contribution is -2.41. The number of benzene rings is 2. The third-order valence-corrected chi connectivity index (χ3v) is 4.91. The van der Waals surface area contributed by atoms with Gasteiger partial charge in [-0.15, -0.1) is 0 Å². The summed E-state index contributed by atoms with van der Waals surface area (Å²) in [6.45, 7) is 3.95. The molecule has 1 fully saturated rings. The molecule has 8 nitrogen and oxygen atoms in total. The molecule has 1 aliphatic rings. The number of morpholine rings is 1. The smallest absolute Gasteiger partial charge is 0.247 e. The zero-order valence-corrected chi connectivity index (χ0v) is 15.9. The number of hydrogen-bond donors (Lipinski definition) is 1. The maximum absolute atomic E-state index is 5.53. The Balaban J connectivity index is 1.54. The standard InChI is InChI=1S/C20H24N6O2/c1-27-18-9-7-16(8-10-18)19(25-11-13-28-14-12-25)15-21-20-22-23-24-26(20)17-5-3-2-4-6-17/h2-10,19H,11-15H2,1H3,(H,21,22,24). The lowest BCUT2D eigenvalue weighted by Gasteiger charge is -2.35. The molecule has 0 spiro atoms. The maximum Gasteiger partial charge on any atom is 0.247 e. The first kappa shape index (κ1) is 18.4. The molecular formula is C20H24N6O2. The van der Waals surface area contributed by atoms with Gasteiger partial charge in [-0.1, -0.05) is 35.4 Å². The van der Waals surface area contributed by atoms with Gasteiger partial charge in [-0.25, -0.2) is 0 Å². The molecule has 8 heteroatoms. The fourth-order valence-corrected chi connectivity index (χ4v) is 3.40. The van der Waals surface area contributed by atoms with Gasteiger partial charge in [-0.2, -0.15) is 4.68 Å². The Kier molecular flexibility index (Phi) is 5.79. The van der Waals surface area contributed by atoms with Crippen LogP contribution in [0.4, 0.5) is 5.95 Å². The molecule has 1 unspecified atom stereocenters. The van der Waals surface area contributed by atoms with Crippen molar-refractivity contribution in [3.63, 3.8) is 0 Å². The Labute approximate surface area is 164 Å². The average Bonchev–Trinajstić information content (AvgIpc) is 3.24. The Hall–Kier alpha value is -2.97. The Morgan fingerprint density at radius 1 is 1.07 bits per heavy atom. The van der Waals surface area contributed by atoms with Crippen molar-refractivity contribution >= 4 is 5.95 Å². The van der Waals surface area contributed by atoms with E-state index in [1.165, 1.54) is 5.56 Å². The van der Waals surface area contributed by atoms with Gasteiger partial charge in [0.15, 0.2) is 0 Å². The fourth-order valence-electron chi connectivity index (χ4n) is 3.40. The summed E-state index contributed by atoms with van der Waals surface area (Å²) in [5.74, 6) is 1.48. The summed E-state index contributed by atoms with van der Waals surface area (Å²) in [4.78, 5) is 2.43. The molecule has 1 saturated heterocycles. The third kappa shape index (κ3) is 4.13. The van der Waals surface area contributed by atoms with Crippen molar-refractivity contribution in [2.75, 3.05) is 45.3 Å². The third-order valence-electron chi connectivity index (χ3n) is 4.91. The number of rotatable bonds is 7. The molecule has 0 bridgehead atoms. The topological polar surface area (TPSA) is 77.3 Å². The second-order valence-corrected chi connectivity index (χ2v) is 6.57. The summed E-state index contributed by atoms with van der Waals surface area (Å²) in [5.41, 5.74) is 2.14. The molecule has 1 aliphatic heterocycles. The summed E-state index contributed by atoms with van der Waals surface area (Å²) < 4.78 is 12.5. The van der Waals surface area contributed by atoms with E-state index in [4.69, 9.17) is 9.47 Å². The van der Waals surface area contributed by atoms with Crippen LogP contribution in [0.2, 0.25) is 0 Å². The molecule has 0 saturated carbocycles. The quantitative estimate of drug-likeness (QED) is 0.673. The molecule has 28 heavy (non-hydrogen) atoms. The minimum atomic E-state index is 0.177. The minimum absolute atomic E-state index is 0.177. The van der Waals surface area contributed by atoms with Gasteiger partial charge in [0.25, 0.3) is 0 Å². The summed E-state index contributed by atoms with van der Waals surface area (Å²) >= 11 is 0. The number of nitrogens with one attached hydrogen (secondary N) is 1. The lowest BCUT2D eigenvalue weighted by atomic mass is 10.0. The largest absolute Gasteiger partial charge is 0.497 e. The molecule has 1 N–H and O–H groups in total. The Bertz CT molecular complexity index is 862. The Morgan fingerprint density at radius 3 is 2.54 bits per heavy atom. The molecule has 0 aliphatic carbocycles. The average molecular weight is 380 g/mol. The van der Waals surface area contributed by atoms with E-state index < -0.39 is 0 Å². The van der Waals surface area contributed by atoms with E-state index in [9.17, 15) is 0 Å². The molecule has 0 amide bonds. The van der Waals surface area contributed by atoms with E-state index in [2.05, 4.69) is 37.9 Å². The Morgan fingerprint density at radius 2 is 1.82 bits per heavy atom. The SMILES string of the molecule is COc1ccc(C(CNc2nnnn2-c2ccccc2)N2CCOCC2)cc1. The van der Waals surface area contributed by atoms with Crippen LogP contribution in [-0.2, 0) is 4.74 Å². The van der Waals surface area contributed by atoms with Crippen LogP contribution in [0.1, 0.15) is 11.6 Å². The fraction of sp³-hybridized carbons (Fsp3) is 0.350. The molecule has 4 rings (SSSR count). The second kappa shape index (κ2) is 8.81. The zero-order valence-electron chi connectivity index (χ0n) is 15.9. The number of ether oxygens (including phenoxy) is 2. The van der Waals surface area contributed by atoms with Gasteiger partial charge in [-0.05, 0) is 40.3 Å². The van der Waals surface area contributed by atoms with E-state index in [1.807, 2.05) is 42.5 Å². The van der Waals surface area contributed by atoms with Gasteiger partial charge in [0.2, 0.25) is 5.95 Å². The van der Waals surface area contributed by atoms with Gasteiger partial charge in [0.1, 0.15) is 5.75 Å². The van der Waals surface area contributed by atoms with Gasteiger partial charge < -0.3 is 14.8 Å². The van der Waals surface area contributed by atoms with E-state index in [0.29, 0.717) is 12.5 Å². The molecule has 1 aromatic heterocycles. The number of nitrogens with zero attached hydrogens (tertiary/aromatic N) is 5. The minimum Gasteiger partial charge on any atom is -0.497 e. The predicted molar refractivity (Wildman–Crippen MR) is 106 cm³/mol. The number of tetrazole rings is 1. The number of aromatic nitrogens is 4. The molecule has 1 atom stereocenters. The maximum atomic E-state index is 5.53. The van der Waals surface area contributed by atoms with Gasteiger partial charge in [0.05, 0.1) is 32.1 Å². The number of hydrogen-bond acceptors (Lipinski definition) is 7. The van der Waals surface area contributed by atoms with Crippen molar-refractivity contribution in [3.05, 3.63) is 60.2 Å². The van der Waals surface area contributed by atoms with Crippen LogP contribution in [0.3, 0.4) is 0 Å². The summed E-state index contributed by atoms with van der Waals surface area (Å²) in [6.07, 6.45) is 0. The summed E-state index contributed by atoms with van der Waals surface area (Å²) in [6, 6.07) is 18.3. The summed E-state index contributed by atoms with van der Waals surface area (Å²) in [7, 11) is 1.68. The monoisotopic (exact) mass is 380 g/mol. The van der Waals surface area contributed by atoms with Crippen molar-refractivity contribution in [2.24, 2.45) is 0 Å². The molecule has 3 aromatic rings. The van der Waals surface area contributed by atoms with Gasteiger partial charge in [-0.3, -0.25) is 4.90 Å². The van der Waals surface area contributed by atoms with Crippen LogP contribution >= 0.6 is 0 Å². The van der Waals surface area contributed by atoms with Crippen LogP contribution in [0, 0.1) is 0 Å². The first-order valence-electron chi connectivity index (χ1n) is 9.38. The number of methoxy groups -OCH3 is 1. The van der Waals surface area contributed by atoms with Crippen LogP contribution in [0.25, 0.3) is 5.69 Å². The van der Waals surface area contributed by atoms with Crippen molar-refractivity contribution in [1.82, 2.24) is 25.1 Å². The highest BCUT2D eigenvalue weighted by Gasteiger charge is 2.23. The van der Waals surface area contributed by atoms with Crippen LogP contribution in [0.5, 0.6) is 5.75 Å². The molecule has 0 radical (unpaired) electrons. The lowest BCUT2D eigenvalue weighted by molar-refractivity contribution is 0.0186.